The summed E-state index contributed by atoms with van der Waals surface area (Å²) in [5.74, 6) is 2.39. The maximum absolute atomic E-state index is 5.96. The Morgan fingerprint density at radius 1 is 1.42 bits per heavy atom. The van der Waals surface area contributed by atoms with Gasteiger partial charge >= 0.3 is 0 Å². The lowest BCUT2D eigenvalue weighted by atomic mass is 10.1. The number of thioether (sulfide) groups is 1. The predicted molar refractivity (Wildman–Crippen MR) is 77.9 cm³/mol. The second kappa shape index (κ2) is 5.42. The lowest BCUT2D eigenvalue weighted by Gasteiger charge is -2.21. The first-order valence-electron chi connectivity index (χ1n) is 6.74. The van der Waals surface area contributed by atoms with Crippen molar-refractivity contribution in [3.8, 4) is 0 Å². The SMILES string of the molecule is CC1(C)CCN(Cc2nc(C(C)(C)N)no2)CCS1. The third kappa shape index (κ3) is 4.19. The maximum atomic E-state index is 5.96. The van der Waals surface area contributed by atoms with E-state index in [0.29, 0.717) is 16.5 Å². The van der Waals surface area contributed by atoms with Gasteiger partial charge in [0.1, 0.15) is 0 Å². The molecule has 108 valence electrons. The van der Waals surface area contributed by atoms with Gasteiger partial charge in [-0.25, -0.2) is 0 Å². The molecule has 2 heterocycles. The number of nitrogens with zero attached hydrogens (tertiary/aromatic N) is 3. The summed E-state index contributed by atoms with van der Waals surface area (Å²) in [6.45, 7) is 11.2. The maximum Gasteiger partial charge on any atom is 0.240 e. The number of aromatic nitrogens is 2. The van der Waals surface area contributed by atoms with Crippen LogP contribution in [0, 0.1) is 0 Å². The zero-order valence-corrected chi connectivity index (χ0v) is 13.1. The van der Waals surface area contributed by atoms with Crippen LogP contribution in [0.25, 0.3) is 0 Å². The first-order valence-corrected chi connectivity index (χ1v) is 7.73. The average Bonchev–Trinajstić information content (AvgIpc) is 2.67. The van der Waals surface area contributed by atoms with E-state index >= 15 is 0 Å². The van der Waals surface area contributed by atoms with Gasteiger partial charge in [-0.05, 0) is 20.3 Å². The molecule has 0 unspecified atom stereocenters. The van der Waals surface area contributed by atoms with E-state index < -0.39 is 5.54 Å². The number of nitrogens with two attached hydrogens (primary N) is 1. The molecule has 1 aromatic rings. The summed E-state index contributed by atoms with van der Waals surface area (Å²) in [6, 6.07) is 0. The van der Waals surface area contributed by atoms with Crippen LogP contribution in [0.1, 0.15) is 45.8 Å². The van der Waals surface area contributed by atoms with Crippen molar-refractivity contribution in [2.75, 3.05) is 18.8 Å². The minimum atomic E-state index is -0.543. The topological polar surface area (TPSA) is 68.2 Å². The monoisotopic (exact) mass is 284 g/mol. The molecule has 5 nitrogen and oxygen atoms in total. The Bertz CT molecular complexity index is 425. The Hall–Kier alpha value is -0.590. The lowest BCUT2D eigenvalue weighted by Crippen LogP contribution is -2.30. The molecule has 1 fully saturated rings. The molecule has 1 saturated heterocycles. The van der Waals surface area contributed by atoms with Crippen molar-refractivity contribution >= 4 is 11.8 Å². The van der Waals surface area contributed by atoms with Gasteiger partial charge in [-0.2, -0.15) is 16.7 Å². The van der Waals surface area contributed by atoms with E-state index in [0.717, 1.165) is 25.4 Å². The van der Waals surface area contributed by atoms with Gasteiger partial charge in [0, 0.05) is 23.6 Å². The molecule has 0 radical (unpaired) electrons. The highest BCUT2D eigenvalue weighted by Gasteiger charge is 2.26. The van der Waals surface area contributed by atoms with E-state index in [1.54, 1.807) is 0 Å². The van der Waals surface area contributed by atoms with Crippen molar-refractivity contribution in [2.45, 2.75) is 50.9 Å². The fraction of sp³-hybridized carbons (Fsp3) is 0.846. The normalized spacial score (nSPS) is 21.3. The summed E-state index contributed by atoms with van der Waals surface area (Å²) in [7, 11) is 0. The van der Waals surface area contributed by atoms with E-state index in [1.165, 1.54) is 6.42 Å². The van der Waals surface area contributed by atoms with Gasteiger partial charge < -0.3 is 10.3 Å². The summed E-state index contributed by atoms with van der Waals surface area (Å²) >= 11 is 2.04. The number of rotatable bonds is 3. The van der Waals surface area contributed by atoms with Gasteiger partial charge in [0.25, 0.3) is 0 Å². The van der Waals surface area contributed by atoms with Crippen LogP contribution in [0.5, 0.6) is 0 Å². The first kappa shape index (κ1) is 14.8. The van der Waals surface area contributed by atoms with Crippen LogP contribution in [0.15, 0.2) is 4.52 Å². The second-order valence-electron chi connectivity index (χ2n) is 6.37. The molecule has 0 saturated carbocycles. The molecule has 0 bridgehead atoms. The molecule has 0 amide bonds. The Morgan fingerprint density at radius 2 is 2.16 bits per heavy atom. The van der Waals surface area contributed by atoms with Crippen molar-refractivity contribution in [1.82, 2.24) is 15.0 Å². The van der Waals surface area contributed by atoms with Crippen molar-refractivity contribution in [3.63, 3.8) is 0 Å². The van der Waals surface area contributed by atoms with Crippen LogP contribution in [0.2, 0.25) is 0 Å². The van der Waals surface area contributed by atoms with Crippen LogP contribution in [-0.4, -0.2) is 38.6 Å². The molecule has 6 heteroatoms. The number of hydrogen-bond acceptors (Lipinski definition) is 6. The van der Waals surface area contributed by atoms with Gasteiger partial charge in [0.15, 0.2) is 5.82 Å². The minimum Gasteiger partial charge on any atom is -0.338 e. The van der Waals surface area contributed by atoms with Crippen LogP contribution in [-0.2, 0) is 12.1 Å². The summed E-state index contributed by atoms with van der Waals surface area (Å²) in [5, 5.41) is 3.96. The molecule has 0 atom stereocenters. The van der Waals surface area contributed by atoms with E-state index in [1.807, 2.05) is 25.6 Å². The van der Waals surface area contributed by atoms with E-state index in [-0.39, 0.29) is 0 Å². The quantitative estimate of drug-likeness (QED) is 0.915. The minimum absolute atomic E-state index is 0.369. The second-order valence-corrected chi connectivity index (χ2v) is 8.17. The predicted octanol–water partition coefficient (Wildman–Crippen LogP) is 1.98. The highest BCUT2D eigenvalue weighted by atomic mass is 32.2. The first-order chi connectivity index (χ1) is 8.76. The fourth-order valence-electron chi connectivity index (χ4n) is 1.99. The van der Waals surface area contributed by atoms with E-state index in [2.05, 4.69) is 28.9 Å². The van der Waals surface area contributed by atoms with Crippen LogP contribution in [0.3, 0.4) is 0 Å². The fourth-order valence-corrected chi connectivity index (χ4v) is 3.13. The molecule has 1 aliphatic heterocycles. The standard InChI is InChI=1S/C13H24N4OS/c1-12(2)5-6-17(7-8-19-12)9-10-15-11(16-18-10)13(3,4)14/h5-9,14H2,1-4H3. The summed E-state index contributed by atoms with van der Waals surface area (Å²) in [6.07, 6.45) is 1.18. The third-order valence-electron chi connectivity index (χ3n) is 3.33. The van der Waals surface area contributed by atoms with Gasteiger partial charge in [-0.3, -0.25) is 4.90 Å². The van der Waals surface area contributed by atoms with Gasteiger partial charge in [-0.15, -0.1) is 0 Å². The van der Waals surface area contributed by atoms with Crippen molar-refractivity contribution in [3.05, 3.63) is 11.7 Å². The van der Waals surface area contributed by atoms with Crippen LogP contribution in [0.4, 0.5) is 0 Å². The zero-order chi connectivity index (χ0) is 14.1. The van der Waals surface area contributed by atoms with Gasteiger partial charge in [0.2, 0.25) is 5.89 Å². The molecule has 0 aromatic carbocycles. The molecular weight excluding hydrogens is 260 g/mol. The Morgan fingerprint density at radius 3 is 2.79 bits per heavy atom. The van der Waals surface area contributed by atoms with Gasteiger partial charge in [-0.1, -0.05) is 19.0 Å². The van der Waals surface area contributed by atoms with Gasteiger partial charge in [0.05, 0.1) is 12.1 Å². The average molecular weight is 284 g/mol. The van der Waals surface area contributed by atoms with Crippen molar-refractivity contribution in [2.24, 2.45) is 5.73 Å². The summed E-state index contributed by atoms with van der Waals surface area (Å²) in [5.41, 5.74) is 5.42. The Labute approximate surface area is 119 Å². The highest BCUT2D eigenvalue weighted by Crippen LogP contribution is 2.31. The molecule has 1 aliphatic rings. The smallest absolute Gasteiger partial charge is 0.240 e. The molecule has 1 aromatic heterocycles. The highest BCUT2D eigenvalue weighted by molar-refractivity contribution is 8.00. The Kier molecular flexibility index (Phi) is 4.23. The number of hydrogen-bond donors (Lipinski definition) is 1. The zero-order valence-electron chi connectivity index (χ0n) is 12.3. The summed E-state index contributed by atoms with van der Waals surface area (Å²) in [4.78, 5) is 6.77. The Balaban J connectivity index is 1.96. The molecular formula is C13H24N4OS. The van der Waals surface area contributed by atoms with Crippen LogP contribution < -0.4 is 5.73 Å². The van der Waals surface area contributed by atoms with E-state index in [4.69, 9.17) is 10.3 Å². The largest absolute Gasteiger partial charge is 0.338 e. The van der Waals surface area contributed by atoms with E-state index in [9.17, 15) is 0 Å². The lowest BCUT2D eigenvalue weighted by molar-refractivity contribution is 0.233. The van der Waals surface area contributed by atoms with Crippen molar-refractivity contribution < 1.29 is 4.52 Å². The molecule has 2 N–H and O–H groups in total. The summed E-state index contributed by atoms with van der Waals surface area (Å²) < 4.78 is 5.67. The van der Waals surface area contributed by atoms with Crippen LogP contribution >= 0.6 is 11.8 Å². The molecule has 19 heavy (non-hydrogen) atoms. The third-order valence-corrected chi connectivity index (χ3v) is 4.71. The molecule has 0 aliphatic carbocycles. The molecule has 2 rings (SSSR count). The molecule has 0 spiro atoms. The van der Waals surface area contributed by atoms with Crippen molar-refractivity contribution in [1.29, 1.82) is 0 Å².